The molecular weight excluding hydrogens is 337 g/mol. The fraction of sp³-hybridized carbons (Fsp3) is 0.529. The van der Waals surface area contributed by atoms with Crippen LogP contribution in [0.15, 0.2) is 30.3 Å². The molecule has 0 radical (unpaired) electrons. The van der Waals surface area contributed by atoms with Gasteiger partial charge in [0.05, 0.1) is 6.04 Å². The summed E-state index contributed by atoms with van der Waals surface area (Å²) in [5.74, 6) is -2.74. The standard InChI is InChI=1S/C17H19F3N2O3/c18-17(19,20)15(24)21-12-10-16(25,11-6-2-1-3-7-11)13-8-4-5-9-22(13)14(12)23/h1-3,6-7,12-13,25H,4-5,8-10H2,(H,21,24)/t12-,13+,16-/m0/s1. The minimum Gasteiger partial charge on any atom is -0.383 e. The lowest BCUT2D eigenvalue weighted by molar-refractivity contribution is -0.180. The molecule has 2 saturated heterocycles. The molecule has 0 saturated carbocycles. The highest BCUT2D eigenvalue weighted by molar-refractivity contribution is 5.90. The number of rotatable bonds is 2. The number of fused-ring (bicyclic) bond motifs is 1. The lowest BCUT2D eigenvalue weighted by atomic mass is 9.73. The van der Waals surface area contributed by atoms with Gasteiger partial charge in [0, 0.05) is 13.0 Å². The molecule has 1 aromatic rings. The summed E-state index contributed by atoms with van der Waals surface area (Å²) in [6.45, 7) is 0.358. The van der Waals surface area contributed by atoms with Crippen molar-refractivity contribution in [3.05, 3.63) is 35.9 Å². The van der Waals surface area contributed by atoms with E-state index < -0.39 is 35.7 Å². The number of halogens is 3. The lowest BCUT2D eigenvalue weighted by Crippen LogP contribution is -2.67. The van der Waals surface area contributed by atoms with Crippen LogP contribution in [0.1, 0.15) is 31.2 Å². The number of nitrogens with one attached hydrogen (secondary N) is 1. The Hall–Kier alpha value is -2.09. The van der Waals surface area contributed by atoms with E-state index in [0.717, 1.165) is 6.42 Å². The van der Waals surface area contributed by atoms with Gasteiger partial charge in [0.2, 0.25) is 5.91 Å². The Kier molecular flexibility index (Phi) is 4.49. The van der Waals surface area contributed by atoms with Crippen molar-refractivity contribution in [3.8, 4) is 0 Å². The molecule has 0 aliphatic carbocycles. The second-order valence-corrected chi connectivity index (χ2v) is 6.56. The largest absolute Gasteiger partial charge is 0.471 e. The van der Waals surface area contributed by atoms with Crippen LogP contribution in [0.3, 0.4) is 0 Å². The first-order valence-electron chi connectivity index (χ1n) is 8.19. The third kappa shape index (κ3) is 3.22. The van der Waals surface area contributed by atoms with Gasteiger partial charge < -0.3 is 15.3 Å². The third-order valence-corrected chi connectivity index (χ3v) is 4.99. The molecule has 5 nitrogen and oxygen atoms in total. The average molecular weight is 356 g/mol. The number of hydrogen-bond donors (Lipinski definition) is 2. The van der Waals surface area contributed by atoms with E-state index >= 15 is 0 Å². The zero-order valence-electron chi connectivity index (χ0n) is 13.4. The van der Waals surface area contributed by atoms with Gasteiger partial charge in [0.25, 0.3) is 0 Å². The maximum Gasteiger partial charge on any atom is 0.471 e. The van der Waals surface area contributed by atoms with Crippen molar-refractivity contribution >= 4 is 11.8 Å². The Bertz CT molecular complexity index is 665. The summed E-state index contributed by atoms with van der Waals surface area (Å²) in [5, 5.41) is 13.1. The van der Waals surface area contributed by atoms with E-state index in [-0.39, 0.29) is 6.42 Å². The zero-order valence-corrected chi connectivity index (χ0v) is 13.4. The van der Waals surface area contributed by atoms with Gasteiger partial charge in [-0.15, -0.1) is 0 Å². The maximum absolute atomic E-state index is 12.6. The molecule has 1 aromatic carbocycles. The van der Waals surface area contributed by atoms with Gasteiger partial charge in [0.15, 0.2) is 0 Å². The first kappa shape index (κ1) is 17.7. The molecule has 2 fully saturated rings. The number of aliphatic hydroxyl groups is 1. The van der Waals surface area contributed by atoms with Gasteiger partial charge >= 0.3 is 12.1 Å². The first-order chi connectivity index (χ1) is 11.7. The Morgan fingerprint density at radius 1 is 1.24 bits per heavy atom. The zero-order chi connectivity index (χ0) is 18.2. The monoisotopic (exact) mass is 356 g/mol. The Morgan fingerprint density at radius 2 is 1.92 bits per heavy atom. The lowest BCUT2D eigenvalue weighted by Gasteiger charge is -2.51. The van der Waals surface area contributed by atoms with Gasteiger partial charge in [-0.05, 0) is 24.8 Å². The summed E-state index contributed by atoms with van der Waals surface area (Å²) in [6, 6.07) is 6.67. The molecule has 8 heteroatoms. The summed E-state index contributed by atoms with van der Waals surface area (Å²) in [7, 11) is 0. The maximum atomic E-state index is 12.6. The smallest absolute Gasteiger partial charge is 0.383 e. The van der Waals surface area contributed by atoms with E-state index in [1.807, 2.05) is 0 Å². The predicted octanol–water partition coefficient (Wildman–Crippen LogP) is 1.71. The van der Waals surface area contributed by atoms with Gasteiger partial charge in [-0.2, -0.15) is 13.2 Å². The van der Waals surface area contributed by atoms with Crippen LogP contribution in [0.5, 0.6) is 0 Å². The van der Waals surface area contributed by atoms with Crippen LogP contribution < -0.4 is 5.32 Å². The molecule has 2 amide bonds. The number of carbonyl (C=O) groups is 2. The first-order valence-corrected chi connectivity index (χ1v) is 8.19. The van der Waals surface area contributed by atoms with E-state index in [9.17, 15) is 27.9 Å². The van der Waals surface area contributed by atoms with E-state index in [1.165, 1.54) is 4.90 Å². The molecule has 0 spiro atoms. The number of benzene rings is 1. The number of alkyl halides is 3. The van der Waals surface area contributed by atoms with E-state index in [2.05, 4.69) is 0 Å². The van der Waals surface area contributed by atoms with E-state index in [1.54, 1.807) is 35.6 Å². The summed E-state index contributed by atoms with van der Waals surface area (Å²) in [4.78, 5) is 25.3. The molecule has 136 valence electrons. The second-order valence-electron chi connectivity index (χ2n) is 6.56. The summed E-state index contributed by atoms with van der Waals surface area (Å²) < 4.78 is 37.7. The molecule has 2 heterocycles. The molecule has 0 bridgehead atoms. The minimum absolute atomic E-state index is 0.279. The number of nitrogens with zero attached hydrogens (tertiary/aromatic N) is 1. The average Bonchev–Trinajstić information content (AvgIpc) is 2.59. The van der Waals surface area contributed by atoms with Crippen molar-refractivity contribution < 1.29 is 27.9 Å². The van der Waals surface area contributed by atoms with Crippen LogP contribution in [0, 0.1) is 0 Å². The highest BCUT2D eigenvalue weighted by atomic mass is 19.4. The van der Waals surface area contributed by atoms with Crippen molar-refractivity contribution in [3.63, 3.8) is 0 Å². The van der Waals surface area contributed by atoms with Crippen molar-refractivity contribution in [1.82, 2.24) is 10.2 Å². The number of hydrogen-bond acceptors (Lipinski definition) is 3. The summed E-state index contributed by atoms with van der Waals surface area (Å²) >= 11 is 0. The van der Waals surface area contributed by atoms with Crippen LogP contribution >= 0.6 is 0 Å². The molecular formula is C17H19F3N2O3. The molecule has 2 N–H and O–H groups in total. The molecule has 2 aliphatic heterocycles. The van der Waals surface area contributed by atoms with Crippen LogP contribution in [0.2, 0.25) is 0 Å². The Morgan fingerprint density at radius 3 is 2.56 bits per heavy atom. The van der Waals surface area contributed by atoms with Crippen molar-refractivity contribution in [2.24, 2.45) is 0 Å². The Balaban J connectivity index is 1.94. The SMILES string of the molecule is O=C1[C@@H](NC(=O)C(F)(F)F)C[C@](O)(c2ccccc2)[C@H]2CCCCN12. The van der Waals surface area contributed by atoms with Crippen LogP contribution in [0.25, 0.3) is 0 Å². The molecule has 0 aromatic heterocycles. The minimum atomic E-state index is -5.08. The molecule has 0 unspecified atom stereocenters. The van der Waals surface area contributed by atoms with E-state index in [0.29, 0.717) is 24.9 Å². The van der Waals surface area contributed by atoms with E-state index in [4.69, 9.17) is 0 Å². The van der Waals surface area contributed by atoms with Crippen molar-refractivity contribution in [2.75, 3.05) is 6.54 Å². The van der Waals surface area contributed by atoms with Gasteiger partial charge in [-0.25, -0.2) is 0 Å². The fourth-order valence-electron chi connectivity index (χ4n) is 3.82. The third-order valence-electron chi connectivity index (χ3n) is 4.99. The number of amides is 2. The van der Waals surface area contributed by atoms with Gasteiger partial charge in [0.1, 0.15) is 11.6 Å². The van der Waals surface area contributed by atoms with Crippen LogP contribution in [0.4, 0.5) is 13.2 Å². The highest BCUT2D eigenvalue weighted by Crippen LogP contribution is 2.41. The van der Waals surface area contributed by atoms with Crippen LogP contribution in [-0.2, 0) is 15.2 Å². The van der Waals surface area contributed by atoms with Crippen LogP contribution in [-0.4, -0.2) is 46.6 Å². The molecule has 3 rings (SSSR count). The number of carbonyl (C=O) groups excluding carboxylic acids is 2. The summed E-state index contributed by atoms with van der Waals surface area (Å²) in [5.41, 5.74) is -0.968. The fourth-order valence-corrected chi connectivity index (χ4v) is 3.82. The molecule has 3 atom stereocenters. The Labute approximate surface area is 142 Å². The second kappa shape index (κ2) is 6.33. The topological polar surface area (TPSA) is 69.6 Å². The van der Waals surface area contributed by atoms with Gasteiger partial charge in [-0.1, -0.05) is 30.3 Å². The van der Waals surface area contributed by atoms with Crippen molar-refractivity contribution in [1.29, 1.82) is 0 Å². The van der Waals surface area contributed by atoms with Crippen molar-refractivity contribution in [2.45, 2.75) is 49.5 Å². The molecule has 2 aliphatic rings. The normalized spacial score (nSPS) is 29.9. The quantitative estimate of drug-likeness (QED) is 0.848. The molecule has 25 heavy (non-hydrogen) atoms. The summed E-state index contributed by atoms with van der Waals surface area (Å²) in [6.07, 6.45) is -3.25. The van der Waals surface area contributed by atoms with Gasteiger partial charge in [-0.3, -0.25) is 9.59 Å². The predicted molar refractivity (Wildman–Crippen MR) is 82.3 cm³/mol. The number of piperidine rings is 2. The highest BCUT2D eigenvalue weighted by Gasteiger charge is 2.53.